The van der Waals surface area contributed by atoms with Crippen LogP contribution < -0.4 is 0 Å². The van der Waals surface area contributed by atoms with E-state index in [1.165, 1.54) is 12.1 Å². The molecule has 0 aliphatic carbocycles. The summed E-state index contributed by atoms with van der Waals surface area (Å²) in [7, 11) is 0. The largest absolute Gasteiger partial charge is 0.342 e. The maximum Gasteiger partial charge on any atom is 0.254 e. The molecule has 0 aromatic heterocycles. The van der Waals surface area contributed by atoms with Crippen molar-refractivity contribution in [1.82, 2.24) is 14.7 Å². The highest BCUT2D eigenvalue weighted by Gasteiger charge is 2.25. The second kappa shape index (κ2) is 8.62. The molecule has 2 heterocycles. The fraction of sp³-hybridized carbons (Fsp3) is 0.600. The number of nitrogens with zero attached hydrogens (tertiary/aromatic N) is 3. The van der Waals surface area contributed by atoms with E-state index in [4.69, 9.17) is 0 Å². The van der Waals surface area contributed by atoms with Gasteiger partial charge in [-0.3, -0.25) is 14.5 Å². The quantitative estimate of drug-likeness (QED) is 0.829. The van der Waals surface area contributed by atoms with E-state index in [0.717, 1.165) is 38.9 Å². The first kappa shape index (κ1) is 18.8. The lowest BCUT2D eigenvalue weighted by Crippen LogP contribution is -2.45. The molecular weight excluding hydrogens is 333 g/mol. The summed E-state index contributed by atoms with van der Waals surface area (Å²) in [6.45, 7) is 7.08. The Morgan fingerprint density at radius 2 is 1.81 bits per heavy atom. The summed E-state index contributed by atoms with van der Waals surface area (Å²) in [6, 6.07) is 5.83. The Kier molecular flexibility index (Phi) is 6.25. The number of piperidine rings is 1. The number of benzene rings is 1. The SMILES string of the molecule is CC1CCN(C(=O)CN2CCCN(C(=O)c3cccc(F)c3)CC2)CC1. The lowest BCUT2D eigenvalue weighted by atomic mass is 9.99. The van der Waals surface area contributed by atoms with Crippen molar-refractivity contribution in [3.05, 3.63) is 35.6 Å². The summed E-state index contributed by atoms with van der Waals surface area (Å²) >= 11 is 0. The summed E-state index contributed by atoms with van der Waals surface area (Å²) < 4.78 is 13.4. The van der Waals surface area contributed by atoms with Crippen LogP contribution in [0.4, 0.5) is 4.39 Å². The van der Waals surface area contributed by atoms with E-state index in [1.807, 2.05) is 4.90 Å². The first-order valence-corrected chi connectivity index (χ1v) is 9.58. The van der Waals surface area contributed by atoms with Crippen LogP contribution in [-0.4, -0.2) is 72.3 Å². The van der Waals surface area contributed by atoms with Crippen LogP contribution in [0.2, 0.25) is 0 Å². The number of likely N-dealkylation sites (tertiary alicyclic amines) is 1. The zero-order chi connectivity index (χ0) is 18.5. The second-order valence-corrected chi connectivity index (χ2v) is 7.50. The standard InChI is InChI=1S/C20H28FN3O2/c1-16-6-10-23(11-7-16)19(25)15-22-8-3-9-24(13-12-22)20(26)17-4-2-5-18(21)14-17/h2,4-5,14,16H,3,6-13,15H2,1H3. The molecule has 0 unspecified atom stereocenters. The van der Waals surface area contributed by atoms with Gasteiger partial charge in [-0.15, -0.1) is 0 Å². The first-order valence-electron chi connectivity index (χ1n) is 9.58. The highest BCUT2D eigenvalue weighted by Crippen LogP contribution is 2.16. The maximum atomic E-state index is 13.4. The minimum absolute atomic E-state index is 0.136. The molecule has 2 aliphatic rings. The van der Waals surface area contributed by atoms with Crippen molar-refractivity contribution < 1.29 is 14.0 Å². The predicted molar refractivity (Wildman–Crippen MR) is 98.3 cm³/mol. The molecule has 2 saturated heterocycles. The fourth-order valence-electron chi connectivity index (χ4n) is 3.69. The molecule has 26 heavy (non-hydrogen) atoms. The molecule has 0 atom stereocenters. The van der Waals surface area contributed by atoms with Gasteiger partial charge in [-0.2, -0.15) is 0 Å². The van der Waals surface area contributed by atoms with E-state index < -0.39 is 5.82 Å². The van der Waals surface area contributed by atoms with E-state index in [9.17, 15) is 14.0 Å². The minimum atomic E-state index is -0.395. The summed E-state index contributed by atoms with van der Waals surface area (Å²) in [4.78, 5) is 31.0. The topological polar surface area (TPSA) is 43.9 Å². The average molecular weight is 361 g/mol. The van der Waals surface area contributed by atoms with Crippen LogP contribution in [0.15, 0.2) is 24.3 Å². The van der Waals surface area contributed by atoms with Gasteiger partial charge in [0, 0.05) is 44.8 Å². The highest BCUT2D eigenvalue weighted by molar-refractivity contribution is 5.94. The van der Waals surface area contributed by atoms with Crippen molar-refractivity contribution in [1.29, 1.82) is 0 Å². The van der Waals surface area contributed by atoms with Crippen LogP contribution >= 0.6 is 0 Å². The molecular formula is C20H28FN3O2. The van der Waals surface area contributed by atoms with E-state index in [1.54, 1.807) is 17.0 Å². The molecule has 2 fully saturated rings. The smallest absolute Gasteiger partial charge is 0.254 e. The molecule has 1 aromatic carbocycles. The Bertz CT molecular complexity index is 644. The number of rotatable bonds is 3. The van der Waals surface area contributed by atoms with Crippen molar-refractivity contribution in [2.75, 3.05) is 45.8 Å². The van der Waals surface area contributed by atoms with Crippen molar-refractivity contribution in [2.24, 2.45) is 5.92 Å². The van der Waals surface area contributed by atoms with Crippen LogP contribution in [-0.2, 0) is 4.79 Å². The van der Waals surface area contributed by atoms with Crippen molar-refractivity contribution in [3.8, 4) is 0 Å². The molecule has 142 valence electrons. The molecule has 0 saturated carbocycles. The van der Waals surface area contributed by atoms with E-state index in [2.05, 4.69) is 11.8 Å². The van der Waals surface area contributed by atoms with Gasteiger partial charge < -0.3 is 9.80 Å². The Morgan fingerprint density at radius 3 is 2.54 bits per heavy atom. The number of carbonyl (C=O) groups is 2. The molecule has 5 nitrogen and oxygen atoms in total. The molecule has 0 spiro atoms. The Balaban J connectivity index is 1.51. The number of halogens is 1. The van der Waals surface area contributed by atoms with E-state index in [-0.39, 0.29) is 11.8 Å². The summed E-state index contributed by atoms with van der Waals surface area (Å²) in [5.74, 6) is 0.373. The highest BCUT2D eigenvalue weighted by atomic mass is 19.1. The second-order valence-electron chi connectivity index (χ2n) is 7.50. The maximum absolute atomic E-state index is 13.4. The third kappa shape index (κ3) is 4.81. The first-order chi connectivity index (χ1) is 12.5. The molecule has 0 radical (unpaired) electrons. The third-order valence-corrected chi connectivity index (χ3v) is 5.44. The molecule has 0 bridgehead atoms. The molecule has 6 heteroatoms. The van der Waals surface area contributed by atoms with Gasteiger partial charge in [-0.05, 0) is 43.4 Å². The van der Waals surface area contributed by atoms with Gasteiger partial charge >= 0.3 is 0 Å². The van der Waals surface area contributed by atoms with Crippen LogP contribution in [0.3, 0.4) is 0 Å². The Labute approximate surface area is 154 Å². The Hall–Kier alpha value is -1.95. The third-order valence-electron chi connectivity index (χ3n) is 5.44. The number of hydrogen-bond donors (Lipinski definition) is 0. The van der Waals surface area contributed by atoms with E-state index in [0.29, 0.717) is 37.7 Å². The van der Waals surface area contributed by atoms with Gasteiger partial charge in [0.15, 0.2) is 0 Å². The zero-order valence-corrected chi connectivity index (χ0v) is 15.5. The minimum Gasteiger partial charge on any atom is -0.342 e. The van der Waals surface area contributed by atoms with Gasteiger partial charge in [0.25, 0.3) is 5.91 Å². The molecule has 2 aliphatic heterocycles. The summed E-state index contributed by atoms with van der Waals surface area (Å²) in [5.41, 5.74) is 0.386. The summed E-state index contributed by atoms with van der Waals surface area (Å²) in [6.07, 6.45) is 2.99. The lowest BCUT2D eigenvalue weighted by Gasteiger charge is -2.32. The van der Waals surface area contributed by atoms with Crippen molar-refractivity contribution in [2.45, 2.75) is 26.2 Å². The van der Waals surface area contributed by atoms with Crippen molar-refractivity contribution >= 4 is 11.8 Å². The molecule has 2 amide bonds. The number of amides is 2. The molecule has 3 rings (SSSR count). The van der Waals surface area contributed by atoms with Gasteiger partial charge in [-0.25, -0.2) is 4.39 Å². The Morgan fingerprint density at radius 1 is 1.04 bits per heavy atom. The van der Waals surface area contributed by atoms with Gasteiger partial charge in [0.05, 0.1) is 6.54 Å². The molecule has 1 aromatic rings. The number of carbonyl (C=O) groups excluding carboxylic acids is 2. The van der Waals surface area contributed by atoms with Gasteiger partial charge in [0.2, 0.25) is 5.91 Å². The fourth-order valence-corrected chi connectivity index (χ4v) is 3.69. The predicted octanol–water partition coefficient (Wildman–Crippen LogP) is 2.23. The summed E-state index contributed by atoms with van der Waals surface area (Å²) in [5, 5.41) is 0. The van der Waals surface area contributed by atoms with E-state index >= 15 is 0 Å². The number of hydrogen-bond acceptors (Lipinski definition) is 3. The van der Waals surface area contributed by atoms with Crippen LogP contribution in [0.1, 0.15) is 36.5 Å². The molecule has 0 N–H and O–H groups in total. The van der Waals surface area contributed by atoms with Gasteiger partial charge in [-0.1, -0.05) is 13.0 Å². The van der Waals surface area contributed by atoms with Crippen LogP contribution in [0.25, 0.3) is 0 Å². The monoisotopic (exact) mass is 361 g/mol. The normalized spacial score (nSPS) is 20.1. The van der Waals surface area contributed by atoms with Gasteiger partial charge in [0.1, 0.15) is 5.82 Å². The van der Waals surface area contributed by atoms with Crippen molar-refractivity contribution in [3.63, 3.8) is 0 Å². The zero-order valence-electron chi connectivity index (χ0n) is 15.5. The average Bonchev–Trinajstić information content (AvgIpc) is 2.87. The van der Waals surface area contributed by atoms with Crippen LogP contribution in [0, 0.1) is 11.7 Å². The lowest BCUT2D eigenvalue weighted by molar-refractivity contribution is -0.133. The van der Waals surface area contributed by atoms with Crippen LogP contribution in [0.5, 0.6) is 0 Å².